The summed E-state index contributed by atoms with van der Waals surface area (Å²) in [6, 6.07) is 0. The predicted molar refractivity (Wildman–Crippen MR) is 31.5 cm³/mol. The highest BCUT2D eigenvalue weighted by atomic mass is 16.2. The molecule has 3 nitrogen and oxygen atoms in total. The topological polar surface area (TPSA) is 46.2 Å². The van der Waals surface area contributed by atoms with E-state index in [2.05, 4.69) is 0 Å². The van der Waals surface area contributed by atoms with E-state index in [1.165, 1.54) is 0 Å². The van der Waals surface area contributed by atoms with Crippen molar-refractivity contribution in [2.45, 2.75) is 13.8 Å². The number of carbonyl (C=O) groups excluding carboxylic acids is 2. The van der Waals surface area contributed by atoms with E-state index >= 15 is 0 Å². The molecule has 9 heavy (non-hydrogen) atoms. The van der Waals surface area contributed by atoms with Crippen LogP contribution in [-0.2, 0) is 9.59 Å². The van der Waals surface area contributed by atoms with E-state index < -0.39 is 11.8 Å². The maximum atomic E-state index is 10.8. The van der Waals surface area contributed by atoms with Gasteiger partial charge in [-0.15, -0.1) is 0 Å². The number of carbonyl (C=O) groups is 2. The average Bonchev–Trinajstić information content (AvgIpc) is 2.07. The monoisotopic (exact) mass is 129 g/mol. The second kappa shape index (κ2) is 1.83. The van der Waals surface area contributed by atoms with Gasteiger partial charge in [-0.2, -0.15) is 0 Å². The second-order valence-corrected chi connectivity index (χ2v) is 2.37. The number of imide groups is 1. The summed E-state index contributed by atoms with van der Waals surface area (Å²) in [7, 11) is 0. The van der Waals surface area contributed by atoms with Crippen molar-refractivity contribution in [1.29, 1.82) is 0 Å². The fraction of sp³-hybridized carbons (Fsp3) is 0.667. The van der Waals surface area contributed by atoms with Gasteiger partial charge in [-0.3, -0.25) is 14.9 Å². The SMILES string of the molecule is [3H]N1C(=O)C(C)C(C)C1=O. The molecule has 2 amide bonds. The molecule has 1 N–H and O–H groups in total. The first kappa shape index (κ1) is 4.97. The molecule has 2 atom stereocenters. The van der Waals surface area contributed by atoms with Crippen LogP contribution >= 0.6 is 0 Å². The highest BCUT2D eigenvalue weighted by molar-refractivity contribution is 6.04. The Hall–Kier alpha value is -0.860. The summed E-state index contributed by atoms with van der Waals surface area (Å²) < 4.78 is 6.94. The lowest BCUT2D eigenvalue weighted by Crippen LogP contribution is -2.21. The molecule has 0 bridgehead atoms. The molecule has 2 unspecified atom stereocenters. The first-order valence-corrected chi connectivity index (χ1v) is 2.92. The van der Waals surface area contributed by atoms with E-state index in [9.17, 15) is 9.59 Å². The molecule has 0 radical (unpaired) electrons. The van der Waals surface area contributed by atoms with Gasteiger partial charge < -0.3 is 0 Å². The van der Waals surface area contributed by atoms with Crippen LogP contribution in [0.3, 0.4) is 0 Å². The van der Waals surface area contributed by atoms with Gasteiger partial charge in [-0.1, -0.05) is 13.8 Å². The number of rotatable bonds is 0. The Morgan fingerprint density at radius 2 is 1.67 bits per heavy atom. The Balaban J connectivity index is 2.89. The fourth-order valence-corrected chi connectivity index (χ4v) is 0.740. The maximum Gasteiger partial charge on any atom is 0.230 e. The Morgan fingerprint density at radius 1 is 1.33 bits per heavy atom. The predicted octanol–water partition coefficient (Wildman–Crippen LogP) is -0.0850. The molecule has 0 aliphatic carbocycles. The van der Waals surface area contributed by atoms with E-state index in [1.807, 2.05) is 0 Å². The maximum absolute atomic E-state index is 10.8. The zero-order chi connectivity index (χ0) is 7.89. The Labute approximate surface area is 54.9 Å². The van der Waals surface area contributed by atoms with Crippen LogP contribution in [0.4, 0.5) is 0 Å². The molecule has 1 heterocycles. The van der Waals surface area contributed by atoms with Crippen LogP contribution in [0.2, 0.25) is 1.41 Å². The van der Waals surface area contributed by atoms with Gasteiger partial charge in [0, 0.05) is 11.8 Å². The first-order valence-electron chi connectivity index (χ1n) is 3.37. The van der Waals surface area contributed by atoms with Crippen LogP contribution in [0.25, 0.3) is 0 Å². The zero-order valence-electron chi connectivity index (χ0n) is 6.42. The summed E-state index contributed by atoms with van der Waals surface area (Å²) in [5, 5.41) is 0.454. The highest BCUT2D eigenvalue weighted by Gasteiger charge is 2.34. The number of nitrogens with one attached hydrogen (secondary N) is 1. The third kappa shape index (κ3) is 0.823. The largest absolute Gasteiger partial charge is 0.296 e. The summed E-state index contributed by atoms with van der Waals surface area (Å²) >= 11 is 0. The standard InChI is InChI=1S/C6H9NO2/c1-3-4(2)6(9)7-5(3)8/h3-4H,1-2H3,(H,7,8,9)/i/hT. The van der Waals surface area contributed by atoms with Crippen LogP contribution < -0.4 is 5.31 Å². The molecule has 0 spiro atoms. The van der Waals surface area contributed by atoms with Crippen LogP contribution in [0.5, 0.6) is 0 Å². The normalized spacial score (nSPS) is 37.6. The molecule has 0 aromatic carbocycles. The minimum absolute atomic E-state index is 0.315. The third-order valence-electron chi connectivity index (χ3n) is 1.75. The molecular formula is C6H9NO2. The van der Waals surface area contributed by atoms with E-state index in [4.69, 9.17) is 1.41 Å². The molecular weight excluding hydrogens is 118 g/mol. The van der Waals surface area contributed by atoms with Gasteiger partial charge in [0.2, 0.25) is 11.8 Å². The fourth-order valence-electron chi connectivity index (χ4n) is 0.740. The van der Waals surface area contributed by atoms with Crippen molar-refractivity contribution in [2.75, 3.05) is 0 Å². The van der Waals surface area contributed by atoms with Crippen LogP contribution in [0.15, 0.2) is 0 Å². The molecule has 0 saturated carbocycles. The van der Waals surface area contributed by atoms with Gasteiger partial charge in [0.05, 0.1) is 0 Å². The number of hydrogen-bond donors (Lipinski definition) is 1. The molecule has 1 aliphatic heterocycles. The van der Waals surface area contributed by atoms with Crippen molar-refractivity contribution in [1.82, 2.24) is 5.31 Å². The van der Waals surface area contributed by atoms with Crippen LogP contribution in [0, 0.1) is 11.8 Å². The van der Waals surface area contributed by atoms with Gasteiger partial charge in [0.1, 0.15) is 0 Å². The quantitative estimate of drug-likeness (QED) is 0.465. The summed E-state index contributed by atoms with van der Waals surface area (Å²) in [4.78, 5) is 21.7. The molecule has 1 saturated heterocycles. The van der Waals surface area contributed by atoms with Gasteiger partial charge in [-0.05, 0) is 0 Å². The Bertz CT molecular complexity index is 172. The van der Waals surface area contributed by atoms with E-state index in [0.29, 0.717) is 5.31 Å². The smallest absolute Gasteiger partial charge is 0.230 e. The zero-order valence-corrected chi connectivity index (χ0v) is 5.42. The Morgan fingerprint density at radius 3 is 1.78 bits per heavy atom. The van der Waals surface area contributed by atoms with E-state index in [0.717, 1.165) is 0 Å². The van der Waals surface area contributed by atoms with Gasteiger partial charge in [0.25, 0.3) is 0 Å². The molecule has 1 rings (SSSR count). The van der Waals surface area contributed by atoms with E-state index in [1.54, 1.807) is 13.8 Å². The second-order valence-electron chi connectivity index (χ2n) is 2.37. The van der Waals surface area contributed by atoms with Crippen molar-refractivity contribution in [2.24, 2.45) is 11.8 Å². The summed E-state index contributed by atoms with van der Waals surface area (Å²) in [5.41, 5.74) is 0. The first-order chi connectivity index (χ1) is 4.55. The van der Waals surface area contributed by atoms with Gasteiger partial charge >= 0.3 is 0 Å². The molecule has 50 valence electrons. The van der Waals surface area contributed by atoms with Gasteiger partial charge in [-0.25, -0.2) is 0 Å². The third-order valence-corrected chi connectivity index (χ3v) is 1.75. The molecule has 3 heteroatoms. The minimum Gasteiger partial charge on any atom is -0.296 e. The minimum atomic E-state index is -0.391. The van der Waals surface area contributed by atoms with E-state index in [-0.39, 0.29) is 11.8 Å². The number of amides is 2. The lowest BCUT2D eigenvalue weighted by Gasteiger charge is -1.99. The molecule has 0 aromatic heterocycles. The average molecular weight is 129 g/mol. The molecule has 0 aromatic rings. The van der Waals surface area contributed by atoms with Crippen molar-refractivity contribution in [3.05, 3.63) is 0 Å². The van der Waals surface area contributed by atoms with Crippen molar-refractivity contribution in [3.8, 4) is 0 Å². The lowest BCUT2D eigenvalue weighted by molar-refractivity contribution is -0.126. The van der Waals surface area contributed by atoms with Gasteiger partial charge in [0.15, 0.2) is 1.41 Å². The number of hydrogen-bond acceptors (Lipinski definition) is 2. The molecule has 1 aliphatic rings. The molecule has 1 fully saturated rings. The van der Waals surface area contributed by atoms with Crippen molar-refractivity contribution in [3.63, 3.8) is 0 Å². The van der Waals surface area contributed by atoms with Crippen LogP contribution in [0.1, 0.15) is 13.8 Å². The van der Waals surface area contributed by atoms with Crippen LogP contribution in [-0.4, -0.2) is 11.8 Å². The summed E-state index contributed by atoms with van der Waals surface area (Å²) in [6.07, 6.45) is 0. The highest BCUT2D eigenvalue weighted by Crippen LogP contribution is 2.16. The summed E-state index contributed by atoms with van der Waals surface area (Å²) in [6.45, 7) is 3.33. The Kier molecular flexibility index (Phi) is 1.01. The van der Waals surface area contributed by atoms with Crippen molar-refractivity contribution < 1.29 is 11.0 Å². The van der Waals surface area contributed by atoms with Crippen molar-refractivity contribution >= 4 is 11.8 Å². The lowest BCUT2D eigenvalue weighted by atomic mass is 10.00. The summed E-state index contributed by atoms with van der Waals surface area (Å²) in [5.74, 6) is -1.41.